The molecular formula is C75H130O6. The van der Waals surface area contributed by atoms with Gasteiger partial charge in [-0.2, -0.15) is 0 Å². The highest BCUT2D eigenvalue weighted by atomic mass is 16.6. The molecule has 0 aliphatic carbocycles. The zero-order chi connectivity index (χ0) is 58.5. The third kappa shape index (κ3) is 67.0. The molecule has 0 saturated carbocycles. The van der Waals surface area contributed by atoms with Crippen molar-refractivity contribution in [2.45, 2.75) is 348 Å². The van der Waals surface area contributed by atoms with Gasteiger partial charge in [-0.3, -0.25) is 14.4 Å². The molecule has 0 rings (SSSR count). The Kier molecular flexibility index (Phi) is 65.7. The summed E-state index contributed by atoms with van der Waals surface area (Å²) >= 11 is 0. The first-order valence-electron chi connectivity index (χ1n) is 34.7. The van der Waals surface area contributed by atoms with E-state index < -0.39 is 6.10 Å². The average Bonchev–Trinajstić information content (AvgIpc) is 3.47. The zero-order valence-corrected chi connectivity index (χ0v) is 53.5. The van der Waals surface area contributed by atoms with Gasteiger partial charge >= 0.3 is 17.9 Å². The number of carbonyl (C=O) groups is 3. The van der Waals surface area contributed by atoms with Crippen molar-refractivity contribution in [3.05, 3.63) is 97.2 Å². The standard InChI is InChI=1S/C75H130O6/c1-4-7-10-13-16-19-22-25-27-29-31-33-35-36-37-38-39-40-41-43-44-46-48-50-53-56-59-62-65-68-74(77)80-71-72(70-79-73(76)67-64-61-58-55-52-24-21-18-15-12-9-6-3)81-75(78)69-66-63-60-57-54-51-49-47-45-42-34-32-30-28-26-23-20-17-14-11-8-5-2/h7,10,16,18-19,21,25,27,31,33,36-37,39-40,43-44,72H,4-6,8-9,11-15,17,20,22-24,26,28-30,32,34-35,38,41-42,45-71H2,1-3H3/b10-7-,19-16-,21-18-,27-25-,33-31-,37-36-,40-39-,44-43-. The molecule has 0 spiro atoms. The van der Waals surface area contributed by atoms with Crippen LogP contribution in [0.1, 0.15) is 342 Å². The van der Waals surface area contributed by atoms with Gasteiger partial charge < -0.3 is 14.2 Å². The van der Waals surface area contributed by atoms with Crippen LogP contribution in [0.5, 0.6) is 0 Å². The maximum Gasteiger partial charge on any atom is 0.306 e. The molecule has 0 radical (unpaired) electrons. The van der Waals surface area contributed by atoms with E-state index in [9.17, 15) is 14.4 Å². The van der Waals surface area contributed by atoms with E-state index in [0.717, 1.165) is 116 Å². The Morgan fingerprint density at radius 3 is 0.790 bits per heavy atom. The molecule has 6 nitrogen and oxygen atoms in total. The second-order valence-electron chi connectivity index (χ2n) is 23.1. The summed E-state index contributed by atoms with van der Waals surface area (Å²) in [5.41, 5.74) is 0. The van der Waals surface area contributed by atoms with E-state index in [2.05, 4.69) is 118 Å². The second-order valence-corrected chi connectivity index (χ2v) is 23.1. The molecule has 0 aliphatic heterocycles. The summed E-state index contributed by atoms with van der Waals surface area (Å²) in [6.07, 6.45) is 92.9. The topological polar surface area (TPSA) is 78.9 Å². The van der Waals surface area contributed by atoms with E-state index in [4.69, 9.17) is 14.2 Å². The lowest BCUT2D eigenvalue weighted by atomic mass is 10.0. The molecule has 0 heterocycles. The van der Waals surface area contributed by atoms with Crippen LogP contribution in [-0.2, 0) is 28.6 Å². The summed E-state index contributed by atoms with van der Waals surface area (Å²) in [5, 5.41) is 0. The molecule has 0 bridgehead atoms. The number of hydrogen-bond donors (Lipinski definition) is 0. The number of unbranched alkanes of at least 4 members (excludes halogenated alkanes) is 36. The first-order valence-corrected chi connectivity index (χ1v) is 34.7. The van der Waals surface area contributed by atoms with Crippen molar-refractivity contribution in [3.63, 3.8) is 0 Å². The van der Waals surface area contributed by atoms with Crippen molar-refractivity contribution in [2.24, 2.45) is 0 Å². The number of carbonyl (C=O) groups excluding carboxylic acids is 3. The summed E-state index contributed by atoms with van der Waals surface area (Å²) in [4.78, 5) is 38.4. The predicted molar refractivity (Wildman–Crippen MR) is 353 cm³/mol. The molecule has 0 amide bonds. The lowest BCUT2D eigenvalue weighted by molar-refractivity contribution is -0.167. The smallest absolute Gasteiger partial charge is 0.306 e. The van der Waals surface area contributed by atoms with Crippen molar-refractivity contribution in [3.8, 4) is 0 Å². The Balaban J connectivity index is 4.29. The molecule has 81 heavy (non-hydrogen) atoms. The van der Waals surface area contributed by atoms with Gasteiger partial charge in [-0.25, -0.2) is 0 Å². The summed E-state index contributed by atoms with van der Waals surface area (Å²) in [6.45, 7) is 6.53. The lowest BCUT2D eigenvalue weighted by Crippen LogP contribution is -2.30. The van der Waals surface area contributed by atoms with Crippen molar-refractivity contribution in [1.29, 1.82) is 0 Å². The molecule has 0 N–H and O–H groups in total. The van der Waals surface area contributed by atoms with Gasteiger partial charge in [0.05, 0.1) is 0 Å². The van der Waals surface area contributed by atoms with E-state index in [1.54, 1.807) is 0 Å². The largest absolute Gasteiger partial charge is 0.462 e. The minimum Gasteiger partial charge on any atom is -0.462 e. The van der Waals surface area contributed by atoms with Crippen LogP contribution in [-0.4, -0.2) is 37.2 Å². The molecule has 0 saturated heterocycles. The first kappa shape index (κ1) is 77.3. The molecular weight excluding hydrogens is 997 g/mol. The molecule has 0 aromatic rings. The van der Waals surface area contributed by atoms with Gasteiger partial charge in [0.15, 0.2) is 6.10 Å². The van der Waals surface area contributed by atoms with E-state index in [-0.39, 0.29) is 31.1 Å². The monoisotopic (exact) mass is 1130 g/mol. The fourth-order valence-electron chi connectivity index (χ4n) is 9.89. The number of rotatable bonds is 63. The molecule has 1 atom stereocenters. The van der Waals surface area contributed by atoms with E-state index in [1.165, 1.54) is 186 Å². The van der Waals surface area contributed by atoms with Crippen molar-refractivity contribution in [1.82, 2.24) is 0 Å². The van der Waals surface area contributed by atoms with Crippen molar-refractivity contribution >= 4 is 17.9 Å². The van der Waals surface area contributed by atoms with Crippen LogP contribution < -0.4 is 0 Å². The van der Waals surface area contributed by atoms with Gasteiger partial charge in [0.1, 0.15) is 13.2 Å². The van der Waals surface area contributed by atoms with Crippen LogP contribution in [0.4, 0.5) is 0 Å². The number of ether oxygens (including phenoxy) is 3. The SMILES string of the molecule is CC/C=C\C/C=C\C/C=C\C/C=C\C/C=C\C/C=C\C/C=C\CCCCCCCCCC(=O)OCC(COC(=O)CCCCCCC/C=C\CCCCC)OC(=O)CCCCCCCCCCCCCCCCCCCCCCCC. The zero-order valence-electron chi connectivity index (χ0n) is 53.5. The molecule has 1 unspecified atom stereocenters. The van der Waals surface area contributed by atoms with Crippen LogP contribution in [0.3, 0.4) is 0 Å². The number of esters is 3. The van der Waals surface area contributed by atoms with Crippen LogP contribution >= 0.6 is 0 Å². The normalized spacial score (nSPS) is 12.7. The van der Waals surface area contributed by atoms with E-state index in [1.807, 2.05) is 0 Å². The number of hydrogen-bond acceptors (Lipinski definition) is 6. The molecule has 0 aromatic carbocycles. The molecule has 0 aromatic heterocycles. The third-order valence-corrected chi connectivity index (χ3v) is 15.1. The van der Waals surface area contributed by atoms with Crippen LogP contribution in [0, 0.1) is 0 Å². The Hall–Kier alpha value is -3.67. The molecule has 0 aliphatic rings. The van der Waals surface area contributed by atoms with Gasteiger partial charge in [-0.1, -0.05) is 317 Å². The fraction of sp³-hybridized carbons (Fsp3) is 0.747. The highest BCUT2D eigenvalue weighted by molar-refractivity contribution is 5.71. The maximum absolute atomic E-state index is 12.9. The van der Waals surface area contributed by atoms with Crippen LogP contribution in [0.2, 0.25) is 0 Å². The van der Waals surface area contributed by atoms with Crippen LogP contribution in [0.25, 0.3) is 0 Å². The highest BCUT2D eigenvalue weighted by Gasteiger charge is 2.19. The Morgan fingerprint density at radius 2 is 0.481 bits per heavy atom. The maximum atomic E-state index is 12.9. The van der Waals surface area contributed by atoms with Gasteiger partial charge in [-0.15, -0.1) is 0 Å². The lowest BCUT2D eigenvalue weighted by Gasteiger charge is -2.18. The minimum atomic E-state index is -0.786. The summed E-state index contributed by atoms with van der Waals surface area (Å²) in [7, 11) is 0. The fourth-order valence-corrected chi connectivity index (χ4v) is 9.89. The summed E-state index contributed by atoms with van der Waals surface area (Å²) in [5.74, 6) is -0.886. The van der Waals surface area contributed by atoms with E-state index >= 15 is 0 Å². The molecule has 6 heteroatoms. The van der Waals surface area contributed by atoms with Gasteiger partial charge in [-0.05, 0) is 103 Å². The molecule has 0 fully saturated rings. The summed E-state index contributed by atoms with van der Waals surface area (Å²) < 4.78 is 16.9. The molecule has 466 valence electrons. The quantitative estimate of drug-likeness (QED) is 0.0261. The average molecular weight is 1130 g/mol. The predicted octanol–water partition coefficient (Wildman–Crippen LogP) is 24.0. The first-order chi connectivity index (χ1) is 40.0. The Morgan fingerprint density at radius 1 is 0.259 bits per heavy atom. The minimum absolute atomic E-state index is 0.0823. The number of allylic oxidation sites excluding steroid dienone is 16. The van der Waals surface area contributed by atoms with Crippen molar-refractivity contribution in [2.75, 3.05) is 13.2 Å². The Labute approximate surface area is 502 Å². The highest BCUT2D eigenvalue weighted by Crippen LogP contribution is 2.17. The third-order valence-electron chi connectivity index (χ3n) is 15.1. The van der Waals surface area contributed by atoms with Gasteiger partial charge in [0, 0.05) is 19.3 Å². The van der Waals surface area contributed by atoms with Gasteiger partial charge in [0.25, 0.3) is 0 Å². The Bertz CT molecular complexity index is 1580. The summed E-state index contributed by atoms with van der Waals surface area (Å²) in [6, 6.07) is 0. The van der Waals surface area contributed by atoms with Crippen molar-refractivity contribution < 1.29 is 28.6 Å². The van der Waals surface area contributed by atoms with E-state index in [0.29, 0.717) is 19.3 Å². The second kappa shape index (κ2) is 68.8. The van der Waals surface area contributed by atoms with Gasteiger partial charge in [0.2, 0.25) is 0 Å². The van der Waals surface area contributed by atoms with Crippen LogP contribution in [0.15, 0.2) is 97.2 Å².